The monoisotopic (exact) mass is 476 g/mol. The average molecular weight is 476 g/mol. The number of hydrogen-bond acceptors (Lipinski definition) is 2. The Morgan fingerprint density at radius 3 is 2.77 bits per heavy atom. The molecule has 1 atom stereocenters. The van der Waals surface area contributed by atoms with Crippen LogP contribution in [0.3, 0.4) is 0 Å². The first-order valence-corrected chi connectivity index (χ1v) is 9.12. The first-order valence-electron chi connectivity index (χ1n) is 9.12. The molecule has 1 amide bonds. The fourth-order valence-corrected chi connectivity index (χ4v) is 2.94. The molecule has 1 aromatic carbocycles. The fourth-order valence-electron chi connectivity index (χ4n) is 2.94. The second-order valence-corrected chi connectivity index (χ2v) is 6.33. The van der Waals surface area contributed by atoms with Gasteiger partial charge in [-0.1, -0.05) is 30.3 Å². The molecule has 5 nitrogen and oxygen atoms in total. The highest BCUT2D eigenvalue weighted by Crippen LogP contribution is 2.18. The van der Waals surface area contributed by atoms with Crippen molar-refractivity contribution in [3.63, 3.8) is 0 Å². The van der Waals surface area contributed by atoms with Crippen molar-refractivity contribution in [2.75, 3.05) is 39.4 Å². The SMILES string of the molecule is CCNC(=NCC1CC(=O)N(CCc2ccccc2)C1)NCCCF.I. The molecule has 1 fully saturated rings. The van der Waals surface area contributed by atoms with E-state index in [1.807, 2.05) is 30.0 Å². The molecule has 0 radical (unpaired) electrons. The van der Waals surface area contributed by atoms with Crippen LogP contribution in [0.4, 0.5) is 4.39 Å². The van der Waals surface area contributed by atoms with Crippen molar-refractivity contribution >= 4 is 35.8 Å². The van der Waals surface area contributed by atoms with Crippen LogP contribution in [0.25, 0.3) is 0 Å². The summed E-state index contributed by atoms with van der Waals surface area (Å²) in [5, 5.41) is 6.27. The highest BCUT2D eigenvalue weighted by Gasteiger charge is 2.28. The Bertz CT molecular complexity index is 556. The number of alkyl halides is 1. The summed E-state index contributed by atoms with van der Waals surface area (Å²) in [6.45, 7) is 5.12. The van der Waals surface area contributed by atoms with Gasteiger partial charge in [0.15, 0.2) is 5.96 Å². The zero-order valence-electron chi connectivity index (χ0n) is 15.4. The maximum absolute atomic E-state index is 12.2. The van der Waals surface area contributed by atoms with Crippen molar-refractivity contribution < 1.29 is 9.18 Å². The average Bonchev–Trinajstić information content (AvgIpc) is 2.99. The van der Waals surface area contributed by atoms with Crippen LogP contribution in [0.15, 0.2) is 35.3 Å². The number of nitrogens with zero attached hydrogens (tertiary/aromatic N) is 2. The van der Waals surface area contributed by atoms with Crippen molar-refractivity contribution in [2.45, 2.75) is 26.2 Å². The summed E-state index contributed by atoms with van der Waals surface area (Å²) in [5.41, 5.74) is 1.25. The second-order valence-electron chi connectivity index (χ2n) is 6.33. The van der Waals surface area contributed by atoms with Gasteiger partial charge in [0.25, 0.3) is 0 Å². The van der Waals surface area contributed by atoms with Crippen LogP contribution in [0, 0.1) is 5.92 Å². The van der Waals surface area contributed by atoms with Gasteiger partial charge < -0.3 is 15.5 Å². The molecule has 2 N–H and O–H groups in total. The zero-order valence-corrected chi connectivity index (χ0v) is 17.7. The van der Waals surface area contributed by atoms with Gasteiger partial charge in [-0.05, 0) is 25.3 Å². The van der Waals surface area contributed by atoms with Gasteiger partial charge in [-0.25, -0.2) is 0 Å². The number of hydrogen-bond donors (Lipinski definition) is 2. The van der Waals surface area contributed by atoms with E-state index in [0.717, 1.165) is 26.1 Å². The topological polar surface area (TPSA) is 56.7 Å². The lowest BCUT2D eigenvalue weighted by Crippen LogP contribution is -2.38. The Balaban J connectivity index is 0.00000338. The van der Waals surface area contributed by atoms with Gasteiger partial charge in [-0.15, -0.1) is 24.0 Å². The summed E-state index contributed by atoms with van der Waals surface area (Å²) in [6.07, 6.45) is 1.91. The Morgan fingerprint density at radius 2 is 2.08 bits per heavy atom. The normalized spacial score (nSPS) is 17.2. The molecular weight excluding hydrogens is 446 g/mol. The predicted molar refractivity (Wildman–Crippen MR) is 115 cm³/mol. The van der Waals surface area contributed by atoms with E-state index in [1.54, 1.807) is 0 Å². The highest BCUT2D eigenvalue weighted by atomic mass is 127. The van der Waals surface area contributed by atoms with Crippen molar-refractivity contribution in [1.82, 2.24) is 15.5 Å². The predicted octanol–water partition coefficient (Wildman–Crippen LogP) is 2.61. The van der Waals surface area contributed by atoms with Crippen molar-refractivity contribution in [3.05, 3.63) is 35.9 Å². The van der Waals surface area contributed by atoms with Crippen LogP contribution in [-0.4, -0.2) is 56.2 Å². The molecule has 1 aromatic rings. The van der Waals surface area contributed by atoms with E-state index >= 15 is 0 Å². The van der Waals surface area contributed by atoms with E-state index in [9.17, 15) is 9.18 Å². The molecule has 0 aliphatic carbocycles. The maximum Gasteiger partial charge on any atom is 0.223 e. The highest BCUT2D eigenvalue weighted by molar-refractivity contribution is 14.0. The number of aliphatic imine (C=N–C) groups is 1. The van der Waals surface area contributed by atoms with Crippen LogP contribution >= 0.6 is 24.0 Å². The molecule has 1 aliphatic rings. The molecular formula is C19H30FIN4O. The smallest absolute Gasteiger partial charge is 0.223 e. The standard InChI is InChI=1S/C19H29FN4O.HI/c1-2-21-19(22-11-6-10-20)23-14-17-13-18(25)24(15-17)12-9-16-7-4-3-5-8-16;/h3-5,7-8,17H,2,6,9-15H2,1H3,(H2,21,22,23);1H. The molecule has 0 saturated carbocycles. The number of benzene rings is 1. The van der Waals surface area contributed by atoms with Gasteiger partial charge >= 0.3 is 0 Å². The molecule has 1 heterocycles. The molecule has 0 spiro atoms. The second kappa shape index (κ2) is 12.9. The summed E-state index contributed by atoms with van der Waals surface area (Å²) in [7, 11) is 0. The van der Waals surface area contributed by atoms with Crippen LogP contribution < -0.4 is 10.6 Å². The Hall–Kier alpha value is -1.38. The molecule has 2 rings (SSSR count). The van der Waals surface area contributed by atoms with Gasteiger partial charge in [0.05, 0.1) is 6.67 Å². The minimum Gasteiger partial charge on any atom is -0.357 e. The lowest BCUT2D eigenvalue weighted by atomic mass is 10.1. The fraction of sp³-hybridized carbons (Fsp3) is 0.579. The number of amides is 1. The van der Waals surface area contributed by atoms with E-state index in [0.29, 0.717) is 31.9 Å². The summed E-state index contributed by atoms with van der Waals surface area (Å²) >= 11 is 0. The number of nitrogens with one attached hydrogen (secondary N) is 2. The minimum absolute atomic E-state index is 0. The van der Waals surface area contributed by atoms with E-state index in [-0.39, 0.29) is 42.5 Å². The summed E-state index contributed by atoms with van der Waals surface area (Å²) in [5.74, 6) is 1.16. The number of halogens is 2. The van der Waals surface area contributed by atoms with Crippen LogP contribution in [0.2, 0.25) is 0 Å². The summed E-state index contributed by atoms with van der Waals surface area (Å²) in [6, 6.07) is 10.2. The van der Waals surface area contributed by atoms with Gasteiger partial charge in [-0.3, -0.25) is 14.2 Å². The first kappa shape index (κ1) is 22.7. The summed E-state index contributed by atoms with van der Waals surface area (Å²) in [4.78, 5) is 18.7. The molecule has 146 valence electrons. The molecule has 1 saturated heterocycles. The molecule has 0 bridgehead atoms. The Morgan fingerprint density at radius 1 is 1.31 bits per heavy atom. The molecule has 7 heteroatoms. The van der Waals surface area contributed by atoms with Crippen molar-refractivity contribution in [1.29, 1.82) is 0 Å². The Labute approximate surface area is 172 Å². The number of carbonyl (C=O) groups excluding carboxylic acids is 1. The zero-order chi connectivity index (χ0) is 17.9. The minimum atomic E-state index is -0.333. The molecule has 1 aliphatic heterocycles. The molecule has 1 unspecified atom stereocenters. The first-order chi connectivity index (χ1) is 12.2. The van der Waals surface area contributed by atoms with Crippen molar-refractivity contribution in [3.8, 4) is 0 Å². The van der Waals surface area contributed by atoms with E-state index in [1.165, 1.54) is 5.56 Å². The van der Waals surface area contributed by atoms with Crippen LogP contribution in [0.1, 0.15) is 25.3 Å². The van der Waals surface area contributed by atoms with Gasteiger partial charge in [0.2, 0.25) is 5.91 Å². The van der Waals surface area contributed by atoms with Gasteiger partial charge in [0, 0.05) is 45.1 Å². The van der Waals surface area contributed by atoms with E-state index in [2.05, 4.69) is 27.8 Å². The lowest BCUT2D eigenvalue weighted by Gasteiger charge is -2.16. The third kappa shape index (κ3) is 7.88. The van der Waals surface area contributed by atoms with E-state index < -0.39 is 0 Å². The van der Waals surface area contributed by atoms with Crippen LogP contribution in [0.5, 0.6) is 0 Å². The third-order valence-corrected chi connectivity index (χ3v) is 4.26. The van der Waals surface area contributed by atoms with E-state index in [4.69, 9.17) is 0 Å². The van der Waals surface area contributed by atoms with Gasteiger partial charge in [-0.2, -0.15) is 0 Å². The number of likely N-dealkylation sites (tertiary alicyclic amines) is 1. The third-order valence-electron chi connectivity index (χ3n) is 4.26. The molecule has 26 heavy (non-hydrogen) atoms. The van der Waals surface area contributed by atoms with Gasteiger partial charge in [0.1, 0.15) is 0 Å². The maximum atomic E-state index is 12.2. The quantitative estimate of drug-likeness (QED) is 0.250. The van der Waals surface area contributed by atoms with Crippen LogP contribution in [-0.2, 0) is 11.2 Å². The number of carbonyl (C=O) groups is 1. The molecule has 0 aromatic heterocycles. The lowest BCUT2D eigenvalue weighted by molar-refractivity contribution is -0.127. The largest absolute Gasteiger partial charge is 0.357 e. The number of guanidine groups is 1. The number of rotatable bonds is 9. The summed E-state index contributed by atoms with van der Waals surface area (Å²) < 4.78 is 12.2. The van der Waals surface area contributed by atoms with Crippen molar-refractivity contribution in [2.24, 2.45) is 10.9 Å². The Kier molecular flexibility index (Phi) is 11.2.